The Kier molecular flexibility index (Phi) is 10.7. The van der Waals surface area contributed by atoms with Gasteiger partial charge in [0.2, 0.25) is 5.91 Å². The van der Waals surface area contributed by atoms with Gasteiger partial charge >= 0.3 is 5.63 Å². The number of aliphatic hydroxyl groups is 3. The van der Waals surface area contributed by atoms with Crippen molar-refractivity contribution >= 4 is 28.4 Å². The fraction of sp³-hybridized carbons (Fsp3) is 0.615. The van der Waals surface area contributed by atoms with Crippen molar-refractivity contribution in [1.29, 1.82) is 0 Å². The number of oxime groups is 1. The molecule has 0 bridgehead atoms. The average molecular weight is 568 g/mol. The van der Waals surface area contributed by atoms with Crippen LogP contribution < -0.4 is 15.7 Å². The van der Waals surface area contributed by atoms with E-state index in [1.165, 1.54) is 17.8 Å². The molecular weight excluding hydrogens is 530 g/mol. The number of nitrogens with one attached hydrogen (secondary N) is 1. The number of ether oxygens (including phenoxy) is 2. The van der Waals surface area contributed by atoms with Crippen molar-refractivity contribution in [1.82, 2.24) is 5.32 Å². The second kappa shape index (κ2) is 13.6. The quantitative estimate of drug-likeness (QED) is 0.165. The molecule has 0 aromatic carbocycles. The van der Waals surface area contributed by atoms with E-state index in [1.807, 2.05) is 6.92 Å². The van der Waals surface area contributed by atoms with Crippen molar-refractivity contribution in [3.05, 3.63) is 41.0 Å². The number of rotatable bonds is 12. The molecule has 13 heteroatoms. The van der Waals surface area contributed by atoms with Gasteiger partial charge in [-0.05, 0) is 20.3 Å². The van der Waals surface area contributed by atoms with Crippen LogP contribution in [0.1, 0.15) is 52.3 Å². The third-order valence-electron chi connectivity index (χ3n) is 6.51. The maximum atomic E-state index is 13.4. The molecule has 12 nitrogen and oxygen atoms in total. The number of carbonyl (C=O) groups is 1. The maximum absolute atomic E-state index is 13.4. The lowest BCUT2D eigenvalue weighted by Crippen LogP contribution is -2.54. The first kappa shape index (κ1) is 30.8. The molecule has 2 aliphatic heterocycles. The number of hydrogen-bond donors (Lipinski definition) is 4. The van der Waals surface area contributed by atoms with Crippen LogP contribution in [0.3, 0.4) is 0 Å². The monoisotopic (exact) mass is 567 g/mol. The van der Waals surface area contributed by atoms with Gasteiger partial charge < -0.3 is 39.4 Å². The number of carbonyl (C=O) groups excluding carboxylic acids is 1. The zero-order valence-corrected chi connectivity index (χ0v) is 23.3. The number of aliphatic hydroxyl groups excluding tert-OH is 3. The zero-order chi connectivity index (χ0) is 28.7. The van der Waals surface area contributed by atoms with Gasteiger partial charge in [0.05, 0.1) is 24.8 Å². The zero-order valence-electron chi connectivity index (χ0n) is 22.5. The Bertz CT molecular complexity index is 1140. The summed E-state index contributed by atoms with van der Waals surface area (Å²) in [5, 5.41) is 37.3. The number of nitrogens with zero attached hydrogens (tertiary/aromatic N) is 2. The minimum absolute atomic E-state index is 0.222. The van der Waals surface area contributed by atoms with Gasteiger partial charge in [-0.15, -0.1) is 11.8 Å². The highest BCUT2D eigenvalue weighted by Gasteiger charge is 2.44. The molecule has 1 saturated heterocycles. The highest BCUT2D eigenvalue weighted by molar-refractivity contribution is 8.16. The molecule has 4 N–H and O–H groups in total. The van der Waals surface area contributed by atoms with Crippen molar-refractivity contribution in [2.45, 2.75) is 76.7 Å². The second-order valence-corrected chi connectivity index (χ2v) is 10.7. The summed E-state index contributed by atoms with van der Waals surface area (Å²) in [6.45, 7) is 10.3. The van der Waals surface area contributed by atoms with Crippen LogP contribution in [0, 0.1) is 5.92 Å². The first-order valence-corrected chi connectivity index (χ1v) is 13.8. The summed E-state index contributed by atoms with van der Waals surface area (Å²) in [6.07, 6.45) is -1.50. The predicted molar refractivity (Wildman–Crippen MR) is 146 cm³/mol. The molecule has 0 saturated carbocycles. The molecule has 216 valence electrons. The van der Waals surface area contributed by atoms with Gasteiger partial charge in [-0.2, -0.15) is 0 Å². The highest BCUT2D eigenvalue weighted by Crippen LogP contribution is 2.31. The summed E-state index contributed by atoms with van der Waals surface area (Å²) in [6, 6.07) is 2.25. The minimum atomic E-state index is -1.19. The molecule has 1 fully saturated rings. The predicted octanol–water partition coefficient (Wildman–Crippen LogP) is 1.53. The number of thioether (sulfide) groups is 1. The molecule has 2 aliphatic rings. The molecule has 0 radical (unpaired) electrons. The Labute approximate surface area is 231 Å². The molecule has 0 spiro atoms. The van der Waals surface area contributed by atoms with E-state index in [0.29, 0.717) is 28.7 Å². The van der Waals surface area contributed by atoms with Crippen molar-refractivity contribution in [2.75, 3.05) is 19.0 Å². The lowest BCUT2D eigenvalue weighted by molar-refractivity contribution is -0.287. The Hall–Kier alpha value is -2.71. The van der Waals surface area contributed by atoms with E-state index >= 15 is 0 Å². The fourth-order valence-corrected chi connectivity index (χ4v) is 5.23. The minimum Gasteiger partial charge on any atom is -0.489 e. The molecule has 1 unspecified atom stereocenters. The third-order valence-corrected chi connectivity index (χ3v) is 7.88. The number of hydrogen-bond acceptors (Lipinski definition) is 12. The topological polar surface area (TPSA) is 172 Å². The van der Waals surface area contributed by atoms with Gasteiger partial charge in [0.1, 0.15) is 46.6 Å². The van der Waals surface area contributed by atoms with Crippen LogP contribution in [0.4, 0.5) is 0 Å². The molecule has 3 heterocycles. The van der Waals surface area contributed by atoms with E-state index in [-0.39, 0.29) is 18.3 Å². The highest BCUT2D eigenvalue weighted by atomic mass is 32.2. The first-order valence-electron chi connectivity index (χ1n) is 12.8. The normalized spacial score (nSPS) is 29.9. The summed E-state index contributed by atoms with van der Waals surface area (Å²) in [7, 11) is 0. The Morgan fingerprint density at radius 2 is 2.15 bits per heavy atom. The van der Waals surface area contributed by atoms with Crippen LogP contribution in [0.2, 0.25) is 0 Å². The molecule has 0 aliphatic carbocycles. The molecule has 1 aromatic rings. The third kappa shape index (κ3) is 7.48. The van der Waals surface area contributed by atoms with Crippen LogP contribution in [-0.4, -0.2) is 81.1 Å². The van der Waals surface area contributed by atoms with Crippen molar-refractivity contribution in [3.8, 4) is 5.75 Å². The lowest BCUT2D eigenvalue weighted by atomic mass is 9.91. The van der Waals surface area contributed by atoms with Gasteiger partial charge in [-0.1, -0.05) is 38.1 Å². The van der Waals surface area contributed by atoms with Crippen molar-refractivity contribution < 1.29 is 38.8 Å². The average Bonchev–Trinajstić information content (AvgIpc) is 3.33. The maximum Gasteiger partial charge on any atom is 0.339 e. The number of amides is 1. The van der Waals surface area contributed by atoms with Gasteiger partial charge in [0, 0.05) is 17.7 Å². The van der Waals surface area contributed by atoms with Crippen molar-refractivity contribution in [2.24, 2.45) is 16.1 Å². The van der Waals surface area contributed by atoms with Crippen LogP contribution in [0.15, 0.2) is 44.1 Å². The van der Waals surface area contributed by atoms with Gasteiger partial charge in [0.15, 0.2) is 0 Å². The largest absolute Gasteiger partial charge is 0.489 e. The van der Waals surface area contributed by atoms with Gasteiger partial charge in [-0.25, -0.2) is 4.79 Å². The van der Waals surface area contributed by atoms with E-state index in [1.54, 1.807) is 32.9 Å². The summed E-state index contributed by atoms with van der Waals surface area (Å²) in [5.41, 5.74) is -1.34. The van der Waals surface area contributed by atoms with E-state index in [0.717, 1.165) is 6.42 Å². The Morgan fingerprint density at radius 1 is 1.41 bits per heavy atom. The molecule has 1 amide bonds. The summed E-state index contributed by atoms with van der Waals surface area (Å²) >= 11 is 1.32. The first-order chi connectivity index (χ1) is 18.5. The summed E-state index contributed by atoms with van der Waals surface area (Å²) in [5.74, 6) is -0.00122. The Balaban J connectivity index is 1.71. The second-order valence-electron chi connectivity index (χ2n) is 9.76. The summed E-state index contributed by atoms with van der Waals surface area (Å²) in [4.78, 5) is 35.4. The Morgan fingerprint density at radius 3 is 2.82 bits per heavy atom. The molecular formula is C26H37N3O9S. The van der Waals surface area contributed by atoms with E-state index in [9.17, 15) is 24.9 Å². The number of aliphatic imine (C=N–C) groups is 1. The van der Waals surface area contributed by atoms with Crippen molar-refractivity contribution in [3.63, 3.8) is 0 Å². The molecule has 39 heavy (non-hydrogen) atoms. The van der Waals surface area contributed by atoms with E-state index < -0.39 is 54.3 Å². The standard InChI is InChI=1S/C26H37N3O9S/c1-6-8-17(18-10-16(35-9-7-2)11-20(31)36-18)27-25(34)26(5)13-39-23(28-26)15(4)29-38-24-22(33)14(3)21(32)19(12-30)37-24/h7,10-11,14,17,19,21-22,24,30,32-33H,2,6,8-9,12-13H2,1,3-5H3,(H,27,34)/b29-15+/t14-,17+,19+,21-,22-,24+,26?/m0/s1. The molecule has 1 aromatic heterocycles. The lowest BCUT2D eigenvalue weighted by Gasteiger charge is -2.39. The summed E-state index contributed by atoms with van der Waals surface area (Å²) < 4.78 is 16.3. The van der Waals surface area contributed by atoms with Crippen LogP contribution in [-0.2, 0) is 14.4 Å². The van der Waals surface area contributed by atoms with Gasteiger partial charge in [0.25, 0.3) is 6.29 Å². The van der Waals surface area contributed by atoms with E-state index in [2.05, 4.69) is 22.0 Å². The molecule has 7 atom stereocenters. The van der Waals surface area contributed by atoms with Crippen LogP contribution in [0.5, 0.6) is 5.75 Å². The SMILES string of the molecule is C=CCOc1cc([C@@H](CCC)NC(=O)C2(C)CSC(/C(C)=N/O[C@H]3O[C@H](CO)[C@@H](O)[C@H](C)[C@@H]3O)=N2)oc(=O)c1. The van der Waals surface area contributed by atoms with Gasteiger partial charge in [-0.3, -0.25) is 9.79 Å². The molecule has 3 rings (SSSR count). The van der Waals surface area contributed by atoms with E-state index in [4.69, 9.17) is 18.7 Å². The van der Waals surface area contributed by atoms with Crippen LogP contribution in [0.25, 0.3) is 0 Å². The fourth-order valence-electron chi connectivity index (χ4n) is 4.10. The van der Waals surface area contributed by atoms with Crippen LogP contribution >= 0.6 is 11.8 Å². The smallest absolute Gasteiger partial charge is 0.339 e.